The summed E-state index contributed by atoms with van der Waals surface area (Å²) < 4.78 is 17.2. The molecule has 6 N–H and O–H groups in total. The Hall–Kier alpha value is -1.95. The molecule has 1 saturated carbocycles. The summed E-state index contributed by atoms with van der Waals surface area (Å²) >= 11 is 0. The Balaban J connectivity index is 1.74. The number of phenolic OH excluding ortho intramolecular Hbond substituents is 1. The van der Waals surface area contributed by atoms with Gasteiger partial charge in [-0.1, -0.05) is 12.8 Å². The minimum Gasteiger partial charge on any atom is -0.508 e. The highest BCUT2D eigenvalue weighted by Crippen LogP contribution is 2.40. The zero-order valence-corrected chi connectivity index (χ0v) is 19.9. The van der Waals surface area contributed by atoms with Gasteiger partial charge in [0.05, 0.1) is 0 Å². The zero-order chi connectivity index (χ0) is 25.0. The molecule has 1 aliphatic carbocycles. The predicted octanol–water partition coefficient (Wildman–Crippen LogP) is 1.09. The summed E-state index contributed by atoms with van der Waals surface area (Å²) in [6.07, 6.45) is -4.83. The second kappa shape index (κ2) is 11.2. The molecule has 0 aromatic heterocycles. The van der Waals surface area contributed by atoms with Crippen molar-refractivity contribution >= 4 is 5.97 Å². The van der Waals surface area contributed by atoms with Crippen molar-refractivity contribution in [1.29, 1.82) is 0 Å². The number of carbonyl (C=O) groups is 1. The Labute approximate surface area is 199 Å². The van der Waals surface area contributed by atoms with Crippen molar-refractivity contribution < 1.29 is 44.5 Å². The van der Waals surface area contributed by atoms with Gasteiger partial charge in [0.1, 0.15) is 42.5 Å². The van der Waals surface area contributed by atoms with E-state index in [2.05, 4.69) is 5.32 Å². The summed E-state index contributed by atoms with van der Waals surface area (Å²) in [5, 5.41) is 52.9. The first kappa shape index (κ1) is 26.7. The molecular formula is C24H37NO9. The fourth-order valence-electron chi connectivity index (χ4n) is 4.33. The Bertz CT molecular complexity index is 821. The number of hydrogen-bond donors (Lipinski definition) is 6. The maximum absolute atomic E-state index is 11.4. The molecule has 0 amide bonds. The van der Waals surface area contributed by atoms with Crippen LogP contribution in [0.15, 0.2) is 18.2 Å². The smallest absolute Gasteiger partial charge is 0.335 e. The molecule has 2 fully saturated rings. The molecule has 192 valence electrons. The van der Waals surface area contributed by atoms with Crippen LogP contribution in [0.25, 0.3) is 0 Å². The lowest BCUT2D eigenvalue weighted by atomic mass is 9.96. The number of rotatable bonds is 9. The third-order valence-corrected chi connectivity index (χ3v) is 6.21. The van der Waals surface area contributed by atoms with Gasteiger partial charge in [-0.3, -0.25) is 0 Å². The van der Waals surface area contributed by atoms with E-state index in [1.807, 2.05) is 20.8 Å². The normalized spacial score (nSPS) is 29.2. The van der Waals surface area contributed by atoms with Gasteiger partial charge in [0.25, 0.3) is 0 Å². The summed E-state index contributed by atoms with van der Waals surface area (Å²) in [7, 11) is 0. The number of aliphatic hydroxyl groups excluding tert-OH is 3. The van der Waals surface area contributed by atoms with Gasteiger partial charge in [0.15, 0.2) is 12.4 Å². The van der Waals surface area contributed by atoms with Crippen molar-refractivity contribution in [1.82, 2.24) is 5.32 Å². The SMILES string of the molecule is CC(C)(C)NCC(COc1ccc(O)cc1C1CCCC1)OC1OC(C(=O)O)C(O)C(O)C1O. The van der Waals surface area contributed by atoms with Crippen molar-refractivity contribution in [2.24, 2.45) is 0 Å². The fourth-order valence-corrected chi connectivity index (χ4v) is 4.33. The number of carboxylic acid groups (broad SMARTS) is 1. The molecule has 0 spiro atoms. The second-order valence-electron chi connectivity index (χ2n) is 10.1. The van der Waals surface area contributed by atoms with Crippen LogP contribution in [-0.2, 0) is 14.3 Å². The molecule has 1 aliphatic heterocycles. The van der Waals surface area contributed by atoms with Crippen LogP contribution in [-0.4, -0.2) is 87.0 Å². The second-order valence-corrected chi connectivity index (χ2v) is 10.1. The van der Waals surface area contributed by atoms with Crippen LogP contribution in [0.5, 0.6) is 11.5 Å². The number of benzene rings is 1. The first-order chi connectivity index (χ1) is 16.0. The molecule has 2 aliphatic rings. The van der Waals surface area contributed by atoms with Crippen molar-refractivity contribution in [3.05, 3.63) is 23.8 Å². The van der Waals surface area contributed by atoms with Gasteiger partial charge in [-0.2, -0.15) is 0 Å². The lowest BCUT2D eigenvalue weighted by molar-refractivity contribution is -0.305. The van der Waals surface area contributed by atoms with Crippen LogP contribution in [0.2, 0.25) is 0 Å². The van der Waals surface area contributed by atoms with E-state index in [9.17, 15) is 30.3 Å². The Kier molecular flexibility index (Phi) is 8.77. The van der Waals surface area contributed by atoms with E-state index in [1.165, 1.54) is 0 Å². The molecule has 1 heterocycles. The van der Waals surface area contributed by atoms with E-state index in [1.54, 1.807) is 18.2 Å². The monoisotopic (exact) mass is 483 g/mol. The fraction of sp³-hybridized carbons (Fsp3) is 0.708. The minimum atomic E-state index is -1.79. The highest BCUT2D eigenvalue weighted by Gasteiger charge is 2.48. The number of phenols is 1. The third-order valence-electron chi connectivity index (χ3n) is 6.21. The van der Waals surface area contributed by atoms with Crippen LogP contribution in [0, 0.1) is 0 Å². The van der Waals surface area contributed by atoms with E-state index in [-0.39, 0.29) is 24.4 Å². The standard InChI is InChI=1S/C24H37NO9/c1-24(2,3)25-11-15(33-23-20(29)18(27)19(28)21(34-23)22(30)31)12-32-17-9-8-14(26)10-16(17)13-6-4-5-7-13/h8-10,13,15,18-21,23,25-29H,4-7,11-12H2,1-3H3,(H,30,31). The molecular weight excluding hydrogens is 446 g/mol. The van der Waals surface area contributed by atoms with Gasteiger partial charge in [0, 0.05) is 17.6 Å². The summed E-state index contributed by atoms with van der Waals surface area (Å²) in [5.41, 5.74) is 0.666. The third kappa shape index (κ3) is 6.80. The largest absolute Gasteiger partial charge is 0.508 e. The average Bonchev–Trinajstić information content (AvgIpc) is 3.30. The van der Waals surface area contributed by atoms with Crippen LogP contribution in [0.1, 0.15) is 57.9 Å². The van der Waals surface area contributed by atoms with Crippen LogP contribution in [0.4, 0.5) is 0 Å². The van der Waals surface area contributed by atoms with Gasteiger partial charge in [-0.15, -0.1) is 0 Å². The molecule has 34 heavy (non-hydrogen) atoms. The van der Waals surface area contributed by atoms with Gasteiger partial charge in [0.2, 0.25) is 0 Å². The number of hydrogen-bond acceptors (Lipinski definition) is 9. The van der Waals surface area contributed by atoms with Gasteiger partial charge in [-0.05, 0) is 57.7 Å². The minimum absolute atomic E-state index is 0.0382. The number of aliphatic hydroxyl groups is 3. The molecule has 1 aromatic rings. The van der Waals surface area contributed by atoms with E-state index >= 15 is 0 Å². The summed E-state index contributed by atoms with van der Waals surface area (Å²) in [6, 6.07) is 4.99. The number of nitrogens with one attached hydrogen (secondary N) is 1. The Morgan fingerprint density at radius 1 is 1.15 bits per heavy atom. The first-order valence-electron chi connectivity index (χ1n) is 11.7. The molecule has 6 unspecified atom stereocenters. The van der Waals surface area contributed by atoms with Crippen molar-refractivity contribution in [2.45, 2.75) is 94.7 Å². The predicted molar refractivity (Wildman–Crippen MR) is 122 cm³/mol. The molecule has 0 radical (unpaired) electrons. The van der Waals surface area contributed by atoms with Gasteiger partial charge >= 0.3 is 5.97 Å². The maximum Gasteiger partial charge on any atom is 0.335 e. The molecule has 3 rings (SSSR count). The van der Waals surface area contributed by atoms with E-state index in [0.29, 0.717) is 11.7 Å². The summed E-state index contributed by atoms with van der Waals surface area (Å²) in [4.78, 5) is 11.4. The highest BCUT2D eigenvalue weighted by molar-refractivity contribution is 5.73. The number of carboxylic acids is 1. The lowest BCUT2D eigenvalue weighted by Crippen LogP contribution is -2.61. The first-order valence-corrected chi connectivity index (χ1v) is 11.7. The Morgan fingerprint density at radius 3 is 2.44 bits per heavy atom. The Morgan fingerprint density at radius 2 is 1.82 bits per heavy atom. The number of aliphatic carboxylic acids is 1. The van der Waals surface area contributed by atoms with Gasteiger partial charge in [-0.25, -0.2) is 4.79 Å². The van der Waals surface area contributed by atoms with E-state index in [0.717, 1.165) is 31.2 Å². The maximum atomic E-state index is 11.4. The topological polar surface area (TPSA) is 158 Å². The zero-order valence-electron chi connectivity index (χ0n) is 19.9. The van der Waals surface area contributed by atoms with Crippen molar-refractivity contribution in [2.75, 3.05) is 13.2 Å². The average molecular weight is 484 g/mol. The van der Waals surface area contributed by atoms with Gasteiger partial charge < -0.3 is 45.1 Å². The highest BCUT2D eigenvalue weighted by atomic mass is 16.7. The van der Waals surface area contributed by atoms with Crippen molar-refractivity contribution in [3.8, 4) is 11.5 Å². The van der Waals surface area contributed by atoms with E-state index < -0.39 is 42.8 Å². The molecule has 0 bridgehead atoms. The number of aromatic hydroxyl groups is 1. The van der Waals surface area contributed by atoms with Crippen LogP contribution < -0.4 is 10.1 Å². The summed E-state index contributed by atoms with van der Waals surface area (Å²) in [5.74, 6) is -0.385. The number of ether oxygens (including phenoxy) is 3. The molecule has 6 atom stereocenters. The quantitative estimate of drug-likeness (QED) is 0.300. The molecule has 1 saturated heterocycles. The van der Waals surface area contributed by atoms with E-state index in [4.69, 9.17) is 14.2 Å². The molecule has 10 nitrogen and oxygen atoms in total. The lowest BCUT2D eigenvalue weighted by Gasteiger charge is -2.40. The van der Waals surface area contributed by atoms with Crippen molar-refractivity contribution in [3.63, 3.8) is 0 Å². The molecule has 1 aromatic carbocycles. The van der Waals surface area contributed by atoms with Crippen LogP contribution in [0.3, 0.4) is 0 Å². The van der Waals surface area contributed by atoms with Crippen LogP contribution >= 0.6 is 0 Å². The molecule has 10 heteroatoms. The summed E-state index contributed by atoms with van der Waals surface area (Å²) in [6.45, 7) is 6.22.